The lowest BCUT2D eigenvalue weighted by molar-refractivity contribution is 0.217. The van der Waals surface area contributed by atoms with Crippen molar-refractivity contribution < 1.29 is 13.2 Å². The molecule has 2 rings (SSSR count). The van der Waals surface area contributed by atoms with Crippen LogP contribution in [0.3, 0.4) is 0 Å². The SMILES string of the molecule is CNS(=O)(=O)c1ccc(OCC2CCCC2CN)cc1. The summed E-state index contributed by atoms with van der Waals surface area (Å²) < 4.78 is 31.2. The van der Waals surface area contributed by atoms with Gasteiger partial charge in [0.15, 0.2) is 0 Å². The first-order chi connectivity index (χ1) is 9.56. The van der Waals surface area contributed by atoms with E-state index in [0.29, 0.717) is 30.7 Å². The van der Waals surface area contributed by atoms with E-state index in [1.807, 2.05) is 0 Å². The molecule has 1 aliphatic carbocycles. The fourth-order valence-electron chi connectivity index (χ4n) is 2.68. The molecule has 5 nitrogen and oxygen atoms in total. The minimum absolute atomic E-state index is 0.244. The topological polar surface area (TPSA) is 81.4 Å². The van der Waals surface area contributed by atoms with E-state index in [0.717, 1.165) is 6.42 Å². The number of nitrogens with two attached hydrogens (primary N) is 1. The van der Waals surface area contributed by atoms with E-state index < -0.39 is 10.0 Å². The molecule has 20 heavy (non-hydrogen) atoms. The lowest BCUT2D eigenvalue weighted by Crippen LogP contribution is -2.23. The fraction of sp³-hybridized carbons (Fsp3) is 0.571. The second-order valence-corrected chi connectivity index (χ2v) is 7.06. The van der Waals surface area contributed by atoms with E-state index in [1.54, 1.807) is 24.3 Å². The Bertz CT molecular complexity index is 528. The van der Waals surface area contributed by atoms with Crippen molar-refractivity contribution in [2.45, 2.75) is 24.2 Å². The molecule has 3 N–H and O–H groups in total. The summed E-state index contributed by atoms with van der Waals surface area (Å²) in [6, 6.07) is 6.49. The Morgan fingerprint density at radius 3 is 2.50 bits per heavy atom. The van der Waals surface area contributed by atoms with Crippen molar-refractivity contribution in [1.29, 1.82) is 0 Å². The summed E-state index contributed by atoms with van der Waals surface area (Å²) in [5, 5.41) is 0. The zero-order valence-corrected chi connectivity index (χ0v) is 12.5. The number of rotatable bonds is 6. The van der Waals surface area contributed by atoms with Gasteiger partial charge in [-0.05, 0) is 62.5 Å². The maximum Gasteiger partial charge on any atom is 0.240 e. The number of hydrogen-bond donors (Lipinski definition) is 2. The first kappa shape index (κ1) is 15.3. The predicted octanol–water partition coefficient (Wildman–Crippen LogP) is 1.35. The standard InChI is InChI=1S/C14H22N2O3S/c1-16-20(17,18)14-7-5-13(6-8-14)19-10-12-4-2-3-11(12)9-15/h5-8,11-12,16H,2-4,9-10,15H2,1H3. The third kappa shape index (κ3) is 3.50. The molecule has 2 unspecified atom stereocenters. The van der Waals surface area contributed by atoms with Crippen LogP contribution >= 0.6 is 0 Å². The van der Waals surface area contributed by atoms with Crippen LogP contribution in [0.1, 0.15) is 19.3 Å². The molecule has 1 saturated carbocycles. The predicted molar refractivity (Wildman–Crippen MR) is 78.1 cm³/mol. The molecule has 1 aliphatic rings. The van der Waals surface area contributed by atoms with Crippen LogP contribution in [0, 0.1) is 11.8 Å². The van der Waals surface area contributed by atoms with Gasteiger partial charge in [-0.25, -0.2) is 13.1 Å². The van der Waals surface area contributed by atoms with E-state index >= 15 is 0 Å². The molecule has 0 aliphatic heterocycles. The van der Waals surface area contributed by atoms with Crippen LogP contribution in [-0.4, -0.2) is 28.6 Å². The van der Waals surface area contributed by atoms with Crippen molar-refractivity contribution in [2.24, 2.45) is 17.6 Å². The van der Waals surface area contributed by atoms with Gasteiger partial charge in [-0.1, -0.05) is 6.42 Å². The summed E-state index contributed by atoms with van der Waals surface area (Å²) in [5.41, 5.74) is 5.75. The highest BCUT2D eigenvalue weighted by Gasteiger charge is 2.26. The monoisotopic (exact) mass is 298 g/mol. The number of nitrogens with one attached hydrogen (secondary N) is 1. The molecular formula is C14H22N2O3S. The normalized spacial score (nSPS) is 22.9. The van der Waals surface area contributed by atoms with Crippen molar-refractivity contribution in [1.82, 2.24) is 4.72 Å². The van der Waals surface area contributed by atoms with Crippen LogP contribution in [0.15, 0.2) is 29.2 Å². The fourth-order valence-corrected chi connectivity index (χ4v) is 3.41. The average molecular weight is 298 g/mol. The third-order valence-electron chi connectivity index (χ3n) is 3.99. The highest BCUT2D eigenvalue weighted by Crippen LogP contribution is 2.31. The molecule has 0 amide bonds. The highest BCUT2D eigenvalue weighted by atomic mass is 32.2. The molecule has 0 saturated heterocycles. The Morgan fingerprint density at radius 1 is 1.25 bits per heavy atom. The number of benzene rings is 1. The maximum atomic E-state index is 11.6. The van der Waals surface area contributed by atoms with Crippen LogP contribution in [0.5, 0.6) is 5.75 Å². The Labute approximate surface area is 120 Å². The van der Waals surface area contributed by atoms with Crippen molar-refractivity contribution in [3.05, 3.63) is 24.3 Å². The average Bonchev–Trinajstić information content (AvgIpc) is 2.93. The van der Waals surface area contributed by atoms with Gasteiger partial charge in [-0.3, -0.25) is 0 Å². The van der Waals surface area contributed by atoms with Gasteiger partial charge in [0.05, 0.1) is 11.5 Å². The van der Waals surface area contributed by atoms with Gasteiger partial charge in [0, 0.05) is 0 Å². The lowest BCUT2D eigenvalue weighted by Gasteiger charge is -2.18. The molecule has 0 aromatic heterocycles. The molecule has 1 fully saturated rings. The van der Waals surface area contributed by atoms with E-state index in [1.165, 1.54) is 19.9 Å². The first-order valence-corrected chi connectivity index (χ1v) is 8.41. The molecule has 0 radical (unpaired) electrons. The van der Waals surface area contributed by atoms with Gasteiger partial charge in [0.2, 0.25) is 10.0 Å². The molecule has 0 heterocycles. The largest absolute Gasteiger partial charge is 0.493 e. The molecular weight excluding hydrogens is 276 g/mol. The minimum atomic E-state index is -3.38. The Hall–Kier alpha value is -1.11. The number of sulfonamides is 1. The Balaban J connectivity index is 1.94. The first-order valence-electron chi connectivity index (χ1n) is 6.93. The van der Waals surface area contributed by atoms with Gasteiger partial charge in [0.1, 0.15) is 5.75 Å². The van der Waals surface area contributed by atoms with Crippen molar-refractivity contribution in [3.63, 3.8) is 0 Å². The molecule has 112 valence electrons. The summed E-state index contributed by atoms with van der Waals surface area (Å²) in [7, 11) is -1.98. The van der Waals surface area contributed by atoms with Gasteiger partial charge in [-0.15, -0.1) is 0 Å². The highest BCUT2D eigenvalue weighted by molar-refractivity contribution is 7.89. The smallest absolute Gasteiger partial charge is 0.240 e. The molecule has 0 bridgehead atoms. The van der Waals surface area contributed by atoms with Gasteiger partial charge >= 0.3 is 0 Å². The van der Waals surface area contributed by atoms with Gasteiger partial charge < -0.3 is 10.5 Å². The summed E-state index contributed by atoms with van der Waals surface area (Å²) in [5.74, 6) is 1.77. The second-order valence-electron chi connectivity index (χ2n) is 5.18. The molecule has 2 atom stereocenters. The summed E-state index contributed by atoms with van der Waals surface area (Å²) in [4.78, 5) is 0.244. The van der Waals surface area contributed by atoms with Crippen LogP contribution in [0.25, 0.3) is 0 Å². The van der Waals surface area contributed by atoms with E-state index in [4.69, 9.17) is 10.5 Å². The van der Waals surface area contributed by atoms with E-state index in [-0.39, 0.29) is 4.90 Å². The quantitative estimate of drug-likeness (QED) is 0.830. The van der Waals surface area contributed by atoms with Gasteiger partial charge in [0.25, 0.3) is 0 Å². The van der Waals surface area contributed by atoms with E-state index in [9.17, 15) is 8.42 Å². The lowest BCUT2D eigenvalue weighted by atomic mass is 9.97. The summed E-state index contributed by atoms with van der Waals surface area (Å²) in [6.07, 6.45) is 3.56. The Kier molecular flexibility index (Phi) is 5.01. The molecule has 0 spiro atoms. The van der Waals surface area contributed by atoms with E-state index in [2.05, 4.69) is 4.72 Å². The minimum Gasteiger partial charge on any atom is -0.493 e. The van der Waals surface area contributed by atoms with Crippen LogP contribution in [0.2, 0.25) is 0 Å². The zero-order valence-electron chi connectivity index (χ0n) is 11.7. The summed E-state index contributed by atoms with van der Waals surface area (Å²) >= 11 is 0. The molecule has 1 aromatic carbocycles. The molecule has 1 aromatic rings. The summed E-state index contributed by atoms with van der Waals surface area (Å²) in [6.45, 7) is 1.37. The third-order valence-corrected chi connectivity index (χ3v) is 5.42. The molecule has 6 heteroatoms. The van der Waals surface area contributed by atoms with Crippen molar-refractivity contribution >= 4 is 10.0 Å². The van der Waals surface area contributed by atoms with Crippen LogP contribution < -0.4 is 15.2 Å². The van der Waals surface area contributed by atoms with Crippen LogP contribution in [0.4, 0.5) is 0 Å². The zero-order chi connectivity index (χ0) is 14.6. The van der Waals surface area contributed by atoms with Crippen molar-refractivity contribution in [3.8, 4) is 5.75 Å². The number of hydrogen-bond acceptors (Lipinski definition) is 4. The Morgan fingerprint density at radius 2 is 1.90 bits per heavy atom. The second kappa shape index (κ2) is 6.56. The number of ether oxygens (including phenoxy) is 1. The van der Waals surface area contributed by atoms with Gasteiger partial charge in [-0.2, -0.15) is 0 Å². The maximum absolute atomic E-state index is 11.6. The van der Waals surface area contributed by atoms with Crippen LogP contribution in [-0.2, 0) is 10.0 Å². The van der Waals surface area contributed by atoms with Crippen molar-refractivity contribution in [2.75, 3.05) is 20.2 Å².